The minimum absolute atomic E-state index is 0.103. The van der Waals surface area contributed by atoms with Crippen LogP contribution in [0.15, 0.2) is 33.8 Å². The summed E-state index contributed by atoms with van der Waals surface area (Å²) in [5.74, 6) is -0.580. The van der Waals surface area contributed by atoms with E-state index in [1.165, 1.54) is 16.9 Å². The van der Waals surface area contributed by atoms with Gasteiger partial charge in [0.25, 0.3) is 10.0 Å². The van der Waals surface area contributed by atoms with E-state index in [1.807, 2.05) is 0 Å². The number of nitrogens with two attached hydrogens (primary N) is 1. The SMILES string of the molecule is Cn1cc(S(=O)(=O)Nc2ccc(F)cc2Br)c(N)n1. The van der Waals surface area contributed by atoms with Gasteiger partial charge < -0.3 is 5.73 Å². The lowest BCUT2D eigenvalue weighted by Crippen LogP contribution is -2.14. The fraction of sp³-hybridized carbons (Fsp3) is 0.100. The second-order valence-electron chi connectivity index (χ2n) is 3.78. The Kier molecular flexibility index (Phi) is 3.50. The molecule has 0 aliphatic rings. The Morgan fingerprint density at radius 2 is 2.16 bits per heavy atom. The summed E-state index contributed by atoms with van der Waals surface area (Å²) < 4.78 is 41.1. The van der Waals surface area contributed by atoms with E-state index in [0.29, 0.717) is 4.47 Å². The van der Waals surface area contributed by atoms with E-state index >= 15 is 0 Å². The van der Waals surface area contributed by atoms with Gasteiger partial charge in [0, 0.05) is 17.7 Å². The predicted molar refractivity (Wildman–Crippen MR) is 72.5 cm³/mol. The molecule has 1 heterocycles. The second-order valence-corrected chi connectivity index (χ2v) is 6.29. The van der Waals surface area contributed by atoms with Crippen LogP contribution in [-0.4, -0.2) is 18.2 Å². The molecular weight excluding hydrogens is 339 g/mol. The summed E-state index contributed by atoms with van der Waals surface area (Å²) in [7, 11) is -2.31. The zero-order valence-corrected chi connectivity index (χ0v) is 12.2. The zero-order chi connectivity index (χ0) is 14.2. The van der Waals surface area contributed by atoms with E-state index in [2.05, 4.69) is 25.8 Å². The number of benzene rings is 1. The first-order valence-corrected chi connectivity index (χ1v) is 7.34. The molecule has 6 nitrogen and oxygen atoms in total. The predicted octanol–water partition coefficient (Wildman–Crippen LogP) is 1.70. The van der Waals surface area contributed by atoms with Crippen LogP contribution in [0.2, 0.25) is 0 Å². The van der Waals surface area contributed by atoms with Gasteiger partial charge in [0.1, 0.15) is 10.7 Å². The van der Waals surface area contributed by atoms with Crippen LogP contribution in [0.5, 0.6) is 0 Å². The van der Waals surface area contributed by atoms with Crippen LogP contribution in [0.1, 0.15) is 0 Å². The minimum atomic E-state index is -3.87. The molecule has 0 amide bonds. The van der Waals surface area contributed by atoms with Crippen LogP contribution in [0.3, 0.4) is 0 Å². The van der Waals surface area contributed by atoms with E-state index in [9.17, 15) is 12.8 Å². The first-order chi connectivity index (χ1) is 8.79. The van der Waals surface area contributed by atoms with Crippen molar-refractivity contribution in [1.82, 2.24) is 9.78 Å². The van der Waals surface area contributed by atoms with Crippen molar-refractivity contribution in [3.8, 4) is 0 Å². The highest BCUT2D eigenvalue weighted by Crippen LogP contribution is 2.26. The summed E-state index contributed by atoms with van der Waals surface area (Å²) in [4.78, 5) is -0.133. The molecule has 3 N–H and O–H groups in total. The Morgan fingerprint density at radius 1 is 1.47 bits per heavy atom. The Balaban J connectivity index is 2.39. The van der Waals surface area contributed by atoms with E-state index in [4.69, 9.17) is 5.73 Å². The van der Waals surface area contributed by atoms with Crippen molar-refractivity contribution in [2.75, 3.05) is 10.5 Å². The van der Waals surface area contributed by atoms with E-state index in [1.54, 1.807) is 7.05 Å². The van der Waals surface area contributed by atoms with Crippen molar-refractivity contribution >= 4 is 37.5 Å². The van der Waals surface area contributed by atoms with Crippen molar-refractivity contribution in [1.29, 1.82) is 0 Å². The fourth-order valence-electron chi connectivity index (χ4n) is 1.46. The number of hydrogen-bond acceptors (Lipinski definition) is 4. The molecule has 2 aromatic rings. The van der Waals surface area contributed by atoms with Gasteiger partial charge in [-0.05, 0) is 34.1 Å². The highest BCUT2D eigenvalue weighted by atomic mass is 79.9. The molecule has 1 aromatic carbocycles. The average Bonchev–Trinajstić information content (AvgIpc) is 2.63. The third kappa shape index (κ3) is 2.87. The number of halogens is 2. The molecule has 0 spiro atoms. The molecular formula is C10H10BrFN4O2S. The van der Waals surface area contributed by atoms with Gasteiger partial charge in [-0.15, -0.1) is 0 Å². The third-order valence-electron chi connectivity index (χ3n) is 2.29. The fourth-order valence-corrected chi connectivity index (χ4v) is 3.23. The van der Waals surface area contributed by atoms with Crippen molar-refractivity contribution < 1.29 is 12.8 Å². The molecule has 1 aromatic heterocycles. The first kappa shape index (κ1) is 13.8. The summed E-state index contributed by atoms with van der Waals surface area (Å²) in [6, 6.07) is 3.61. The number of nitrogens with one attached hydrogen (secondary N) is 1. The minimum Gasteiger partial charge on any atom is -0.381 e. The maximum absolute atomic E-state index is 12.9. The quantitative estimate of drug-likeness (QED) is 0.883. The largest absolute Gasteiger partial charge is 0.381 e. The normalized spacial score (nSPS) is 11.5. The Hall–Kier alpha value is -1.61. The smallest absolute Gasteiger partial charge is 0.267 e. The zero-order valence-electron chi connectivity index (χ0n) is 9.76. The van der Waals surface area contributed by atoms with E-state index < -0.39 is 15.8 Å². The number of aryl methyl sites for hydroxylation is 1. The van der Waals surface area contributed by atoms with Crippen LogP contribution in [-0.2, 0) is 17.1 Å². The van der Waals surface area contributed by atoms with E-state index in [-0.39, 0.29) is 16.4 Å². The Labute approximate surface area is 117 Å². The number of aromatic nitrogens is 2. The van der Waals surface area contributed by atoms with Crippen LogP contribution >= 0.6 is 15.9 Å². The lowest BCUT2D eigenvalue weighted by Gasteiger charge is -2.08. The monoisotopic (exact) mass is 348 g/mol. The molecule has 0 bridgehead atoms. The van der Waals surface area contributed by atoms with Crippen LogP contribution < -0.4 is 10.5 Å². The molecule has 2 rings (SSSR count). The molecule has 0 saturated heterocycles. The summed E-state index contributed by atoms with van der Waals surface area (Å²) >= 11 is 3.08. The van der Waals surface area contributed by atoms with Gasteiger partial charge in [-0.2, -0.15) is 5.10 Å². The summed E-state index contributed by atoms with van der Waals surface area (Å²) in [6.07, 6.45) is 1.29. The number of nitrogen functional groups attached to an aromatic ring is 1. The number of hydrogen-bond donors (Lipinski definition) is 2. The Bertz CT molecular complexity index is 729. The molecule has 0 atom stereocenters. The second kappa shape index (κ2) is 4.82. The van der Waals surface area contributed by atoms with Gasteiger partial charge in [0.15, 0.2) is 5.82 Å². The molecule has 9 heteroatoms. The van der Waals surface area contributed by atoms with Gasteiger partial charge in [-0.3, -0.25) is 9.40 Å². The van der Waals surface area contributed by atoms with Crippen molar-refractivity contribution in [2.45, 2.75) is 4.90 Å². The van der Waals surface area contributed by atoms with Gasteiger partial charge in [0.05, 0.1) is 5.69 Å². The average molecular weight is 349 g/mol. The molecule has 102 valence electrons. The first-order valence-electron chi connectivity index (χ1n) is 5.06. The maximum atomic E-state index is 12.9. The highest BCUT2D eigenvalue weighted by Gasteiger charge is 2.21. The molecule has 0 aliphatic carbocycles. The van der Waals surface area contributed by atoms with Crippen LogP contribution in [0, 0.1) is 5.82 Å². The molecule has 19 heavy (non-hydrogen) atoms. The molecule has 0 saturated carbocycles. The molecule has 0 radical (unpaired) electrons. The molecule has 0 aliphatic heterocycles. The van der Waals surface area contributed by atoms with Gasteiger partial charge in [-0.1, -0.05) is 0 Å². The van der Waals surface area contributed by atoms with E-state index in [0.717, 1.165) is 12.1 Å². The molecule has 0 unspecified atom stereocenters. The van der Waals surface area contributed by atoms with Crippen molar-refractivity contribution in [3.63, 3.8) is 0 Å². The van der Waals surface area contributed by atoms with Crippen LogP contribution in [0.25, 0.3) is 0 Å². The highest BCUT2D eigenvalue weighted by molar-refractivity contribution is 9.10. The lowest BCUT2D eigenvalue weighted by molar-refractivity contribution is 0.601. The summed E-state index contributed by atoms with van der Waals surface area (Å²) in [6.45, 7) is 0. The number of nitrogens with zero attached hydrogens (tertiary/aromatic N) is 2. The lowest BCUT2D eigenvalue weighted by atomic mass is 10.3. The standard InChI is InChI=1S/C10H10BrFN4O2S/c1-16-5-9(10(13)14-16)19(17,18)15-8-3-2-6(12)4-7(8)11/h2-5,15H,1H3,(H2,13,14). The van der Waals surface area contributed by atoms with Gasteiger partial charge in [0.2, 0.25) is 0 Å². The van der Waals surface area contributed by atoms with Crippen LogP contribution in [0.4, 0.5) is 15.9 Å². The Morgan fingerprint density at radius 3 is 2.68 bits per heavy atom. The van der Waals surface area contributed by atoms with Crippen molar-refractivity contribution in [3.05, 3.63) is 34.7 Å². The van der Waals surface area contributed by atoms with Gasteiger partial charge in [-0.25, -0.2) is 12.8 Å². The maximum Gasteiger partial charge on any atom is 0.267 e. The number of anilines is 2. The van der Waals surface area contributed by atoms with Crippen molar-refractivity contribution in [2.24, 2.45) is 7.05 Å². The topological polar surface area (TPSA) is 90.0 Å². The number of sulfonamides is 1. The third-order valence-corrected chi connectivity index (χ3v) is 4.33. The summed E-state index contributed by atoms with van der Waals surface area (Å²) in [5, 5.41) is 3.76. The summed E-state index contributed by atoms with van der Waals surface area (Å²) in [5.41, 5.74) is 5.73. The number of rotatable bonds is 3. The molecule has 0 fully saturated rings. The van der Waals surface area contributed by atoms with Gasteiger partial charge >= 0.3 is 0 Å².